The summed E-state index contributed by atoms with van der Waals surface area (Å²) in [6.07, 6.45) is 0.418. The number of methoxy groups -OCH3 is 1. The molecule has 1 heterocycles. The van der Waals surface area contributed by atoms with E-state index in [-0.39, 0.29) is 12.5 Å². The Morgan fingerprint density at radius 1 is 1.43 bits per heavy atom. The van der Waals surface area contributed by atoms with Gasteiger partial charge < -0.3 is 14.5 Å². The number of rotatable bonds is 2. The summed E-state index contributed by atoms with van der Waals surface area (Å²) in [6.45, 7) is 2.84. The number of ether oxygens (including phenoxy) is 1. The van der Waals surface area contributed by atoms with Gasteiger partial charge in [-0.1, -0.05) is 19.1 Å². The lowest BCUT2D eigenvalue weighted by Gasteiger charge is -2.25. The molecule has 0 bridgehead atoms. The van der Waals surface area contributed by atoms with Gasteiger partial charge >= 0.3 is 6.09 Å². The Morgan fingerprint density at radius 3 is 2.86 bits per heavy atom. The van der Waals surface area contributed by atoms with E-state index in [1.54, 1.807) is 23.7 Å². The van der Waals surface area contributed by atoms with Crippen molar-refractivity contribution >= 4 is 29.4 Å². The zero-order valence-electron chi connectivity index (χ0n) is 12.5. The minimum atomic E-state index is -0.505. The predicted octanol–water partition coefficient (Wildman–Crippen LogP) is 2.60. The summed E-state index contributed by atoms with van der Waals surface area (Å²) in [5, 5.41) is 0.460. The van der Waals surface area contributed by atoms with E-state index in [4.69, 9.17) is 0 Å². The maximum atomic E-state index is 12.5. The van der Waals surface area contributed by atoms with Crippen molar-refractivity contribution < 1.29 is 14.3 Å². The van der Waals surface area contributed by atoms with Crippen LogP contribution >= 0.6 is 11.8 Å². The van der Waals surface area contributed by atoms with Crippen molar-refractivity contribution in [3.05, 3.63) is 24.3 Å². The molecule has 0 N–H and O–H groups in total. The summed E-state index contributed by atoms with van der Waals surface area (Å²) in [7, 11) is 2.87. The third-order valence-corrected chi connectivity index (χ3v) is 4.64. The third-order valence-electron chi connectivity index (χ3n) is 3.40. The highest BCUT2D eigenvalue weighted by molar-refractivity contribution is 8.00. The van der Waals surface area contributed by atoms with Gasteiger partial charge in [-0.3, -0.25) is 4.79 Å². The highest BCUT2D eigenvalue weighted by Gasteiger charge is 2.25. The number of fused-ring (bicyclic) bond motifs is 1. The van der Waals surface area contributed by atoms with Gasteiger partial charge in [0.25, 0.3) is 0 Å². The monoisotopic (exact) mass is 308 g/mol. The SMILES string of the molecule is COC(=O)N(C)CC(=O)N1CCC(C)Sc2ccccc21. The second-order valence-corrected chi connectivity index (χ2v) is 6.54. The van der Waals surface area contributed by atoms with Gasteiger partial charge in [-0.25, -0.2) is 4.79 Å². The maximum Gasteiger partial charge on any atom is 0.409 e. The van der Waals surface area contributed by atoms with Crippen LogP contribution in [-0.4, -0.2) is 49.4 Å². The smallest absolute Gasteiger partial charge is 0.409 e. The minimum absolute atomic E-state index is 0.0139. The van der Waals surface area contributed by atoms with Gasteiger partial charge in [0.1, 0.15) is 6.54 Å². The first kappa shape index (κ1) is 15.7. The van der Waals surface area contributed by atoms with E-state index < -0.39 is 6.09 Å². The first-order valence-electron chi connectivity index (χ1n) is 6.88. The first-order chi connectivity index (χ1) is 10.0. The van der Waals surface area contributed by atoms with E-state index in [9.17, 15) is 9.59 Å². The Bertz CT molecular complexity index is 535. The number of thioether (sulfide) groups is 1. The maximum absolute atomic E-state index is 12.5. The first-order valence-corrected chi connectivity index (χ1v) is 7.76. The fourth-order valence-corrected chi connectivity index (χ4v) is 3.37. The molecule has 0 fully saturated rings. The topological polar surface area (TPSA) is 49.9 Å². The number of likely N-dealkylation sites (N-methyl/N-ethyl adjacent to an activating group) is 1. The molecule has 1 aliphatic rings. The molecule has 0 radical (unpaired) electrons. The van der Waals surface area contributed by atoms with Crippen LogP contribution in [0, 0.1) is 0 Å². The summed E-state index contributed by atoms with van der Waals surface area (Å²) >= 11 is 1.78. The molecule has 1 aromatic carbocycles. The highest BCUT2D eigenvalue weighted by atomic mass is 32.2. The number of amides is 2. The molecule has 1 aliphatic heterocycles. The largest absolute Gasteiger partial charge is 0.453 e. The van der Waals surface area contributed by atoms with Crippen LogP contribution in [0.4, 0.5) is 10.5 Å². The molecule has 0 aliphatic carbocycles. The summed E-state index contributed by atoms with van der Waals surface area (Å²) in [5.41, 5.74) is 0.926. The van der Waals surface area contributed by atoms with Crippen molar-refractivity contribution in [3.63, 3.8) is 0 Å². The van der Waals surface area contributed by atoms with Gasteiger partial charge in [0.2, 0.25) is 5.91 Å². The molecular weight excluding hydrogens is 288 g/mol. The Morgan fingerprint density at radius 2 is 2.14 bits per heavy atom. The molecular formula is C15H20N2O3S. The van der Waals surface area contributed by atoms with Crippen LogP contribution in [0.2, 0.25) is 0 Å². The van der Waals surface area contributed by atoms with Gasteiger partial charge in [0, 0.05) is 23.7 Å². The number of benzene rings is 1. The van der Waals surface area contributed by atoms with Crippen molar-refractivity contribution in [2.24, 2.45) is 0 Å². The molecule has 1 aromatic rings. The summed E-state index contributed by atoms with van der Waals surface area (Å²) in [4.78, 5) is 28.1. The van der Waals surface area contributed by atoms with Crippen molar-refractivity contribution in [2.75, 3.05) is 32.1 Å². The van der Waals surface area contributed by atoms with Crippen LogP contribution < -0.4 is 4.90 Å². The lowest BCUT2D eigenvalue weighted by atomic mass is 10.2. The lowest BCUT2D eigenvalue weighted by molar-refractivity contribution is -0.119. The van der Waals surface area contributed by atoms with Crippen LogP contribution in [-0.2, 0) is 9.53 Å². The molecule has 2 amide bonds. The fraction of sp³-hybridized carbons (Fsp3) is 0.467. The van der Waals surface area contributed by atoms with Crippen molar-refractivity contribution in [3.8, 4) is 0 Å². The van der Waals surface area contributed by atoms with Gasteiger partial charge in [0.15, 0.2) is 0 Å². The summed E-state index contributed by atoms with van der Waals surface area (Å²) < 4.78 is 4.62. The standard InChI is InChI=1S/C15H20N2O3S/c1-11-8-9-17(12-6-4-5-7-13(12)21-11)14(18)10-16(2)15(19)20-3/h4-7,11H,8-10H2,1-3H3. The van der Waals surface area contributed by atoms with E-state index in [1.165, 1.54) is 12.0 Å². The fourth-order valence-electron chi connectivity index (χ4n) is 2.25. The average Bonchev–Trinajstić information content (AvgIpc) is 2.64. The van der Waals surface area contributed by atoms with Crippen molar-refractivity contribution in [1.82, 2.24) is 4.90 Å². The Labute approximate surface area is 129 Å². The second kappa shape index (κ2) is 6.85. The molecule has 0 saturated carbocycles. The number of hydrogen-bond donors (Lipinski definition) is 0. The molecule has 1 unspecified atom stereocenters. The number of carbonyl (C=O) groups is 2. The number of hydrogen-bond acceptors (Lipinski definition) is 4. The van der Waals surface area contributed by atoms with E-state index in [1.807, 2.05) is 24.3 Å². The highest BCUT2D eigenvalue weighted by Crippen LogP contribution is 2.37. The van der Waals surface area contributed by atoms with Gasteiger partial charge in [-0.2, -0.15) is 0 Å². The van der Waals surface area contributed by atoms with Crippen LogP contribution in [0.5, 0.6) is 0 Å². The van der Waals surface area contributed by atoms with Gasteiger partial charge in [-0.05, 0) is 18.6 Å². The zero-order chi connectivity index (χ0) is 15.4. The Kier molecular flexibility index (Phi) is 5.12. The minimum Gasteiger partial charge on any atom is -0.453 e. The molecule has 114 valence electrons. The van der Waals surface area contributed by atoms with E-state index >= 15 is 0 Å². The zero-order valence-corrected chi connectivity index (χ0v) is 13.4. The molecule has 21 heavy (non-hydrogen) atoms. The van der Waals surface area contributed by atoms with Gasteiger partial charge in [0.05, 0.1) is 12.8 Å². The number of para-hydroxylation sites is 1. The molecule has 0 aromatic heterocycles. The van der Waals surface area contributed by atoms with Crippen LogP contribution in [0.1, 0.15) is 13.3 Å². The number of nitrogens with zero attached hydrogens (tertiary/aromatic N) is 2. The molecule has 1 atom stereocenters. The van der Waals surface area contributed by atoms with Crippen molar-refractivity contribution in [2.45, 2.75) is 23.5 Å². The summed E-state index contributed by atoms with van der Waals surface area (Å²) in [5.74, 6) is -0.0925. The molecule has 6 heteroatoms. The van der Waals surface area contributed by atoms with E-state index in [0.717, 1.165) is 17.0 Å². The molecule has 0 spiro atoms. The quantitative estimate of drug-likeness (QED) is 0.842. The number of anilines is 1. The van der Waals surface area contributed by atoms with Crippen molar-refractivity contribution in [1.29, 1.82) is 0 Å². The Balaban J connectivity index is 2.19. The molecule has 0 saturated heterocycles. The predicted molar refractivity (Wildman–Crippen MR) is 83.8 cm³/mol. The average molecular weight is 308 g/mol. The van der Waals surface area contributed by atoms with Gasteiger partial charge in [-0.15, -0.1) is 11.8 Å². The van der Waals surface area contributed by atoms with Crippen LogP contribution in [0.15, 0.2) is 29.2 Å². The summed E-state index contributed by atoms with van der Waals surface area (Å²) in [6, 6.07) is 7.90. The van der Waals surface area contributed by atoms with E-state index in [2.05, 4.69) is 11.7 Å². The second-order valence-electron chi connectivity index (χ2n) is 5.06. The normalized spacial score (nSPS) is 17.7. The number of carbonyl (C=O) groups excluding carboxylic acids is 2. The molecule has 5 nitrogen and oxygen atoms in total. The lowest BCUT2D eigenvalue weighted by Crippen LogP contribution is -2.41. The van der Waals surface area contributed by atoms with Crippen LogP contribution in [0.3, 0.4) is 0 Å². The van der Waals surface area contributed by atoms with Crippen LogP contribution in [0.25, 0.3) is 0 Å². The Hall–Kier alpha value is -1.69. The third kappa shape index (κ3) is 3.69. The molecule has 2 rings (SSSR count). The van der Waals surface area contributed by atoms with E-state index in [0.29, 0.717) is 11.8 Å².